The first-order chi connectivity index (χ1) is 7.63. The van der Waals surface area contributed by atoms with Crippen molar-refractivity contribution in [2.45, 2.75) is 38.2 Å². The van der Waals surface area contributed by atoms with E-state index in [0.29, 0.717) is 0 Å². The van der Waals surface area contributed by atoms with Gasteiger partial charge in [0, 0.05) is 12.0 Å². The number of aliphatic hydroxyl groups excluding tert-OH is 1. The lowest BCUT2D eigenvalue weighted by atomic mass is 9.85. The molecule has 1 aliphatic heterocycles. The topological polar surface area (TPSA) is 29.5 Å². The molecular weight excluding hydrogens is 200 g/mol. The van der Waals surface area contributed by atoms with Gasteiger partial charge in [-0.3, -0.25) is 0 Å². The molecule has 2 heteroatoms. The Balaban J connectivity index is 2.15. The van der Waals surface area contributed by atoms with Gasteiger partial charge in [0.25, 0.3) is 0 Å². The average molecular weight is 220 g/mol. The van der Waals surface area contributed by atoms with Crippen LogP contribution in [0.25, 0.3) is 0 Å². The quantitative estimate of drug-likeness (QED) is 0.848. The van der Waals surface area contributed by atoms with E-state index in [0.717, 1.165) is 19.4 Å². The summed E-state index contributed by atoms with van der Waals surface area (Å²) in [7, 11) is 0. The molecule has 1 unspecified atom stereocenters. The molecule has 16 heavy (non-hydrogen) atoms. The molecule has 0 aromatic heterocycles. The van der Waals surface area contributed by atoms with Crippen LogP contribution in [-0.4, -0.2) is 18.3 Å². The highest BCUT2D eigenvalue weighted by atomic mass is 16.5. The van der Waals surface area contributed by atoms with Crippen LogP contribution < -0.4 is 0 Å². The molecule has 2 nitrogen and oxygen atoms in total. The highest BCUT2D eigenvalue weighted by Crippen LogP contribution is 2.30. The van der Waals surface area contributed by atoms with Crippen LogP contribution in [0.15, 0.2) is 24.3 Å². The monoisotopic (exact) mass is 220 g/mol. The third-order valence-electron chi connectivity index (χ3n) is 3.39. The van der Waals surface area contributed by atoms with E-state index in [4.69, 9.17) is 4.74 Å². The van der Waals surface area contributed by atoms with Crippen LogP contribution >= 0.6 is 0 Å². The Hall–Kier alpha value is -0.860. The zero-order chi connectivity index (χ0) is 11.6. The molecule has 1 aromatic rings. The van der Waals surface area contributed by atoms with Gasteiger partial charge in [-0.15, -0.1) is 0 Å². The Morgan fingerprint density at radius 3 is 2.50 bits per heavy atom. The van der Waals surface area contributed by atoms with E-state index in [2.05, 4.69) is 24.3 Å². The highest BCUT2D eigenvalue weighted by Gasteiger charge is 2.21. The van der Waals surface area contributed by atoms with Crippen molar-refractivity contribution in [2.75, 3.05) is 13.2 Å². The lowest BCUT2D eigenvalue weighted by molar-refractivity contribution is 0.112. The summed E-state index contributed by atoms with van der Waals surface area (Å²) >= 11 is 0. The van der Waals surface area contributed by atoms with Crippen molar-refractivity contribution >= 4 is 0 Å². The number of ether oxygens (including phenoxy) is 1. The van der Waals surface area contributed by atoms with E-state index in [-0.39, 0.29) is 18.1 Å². The van der Waals surface area contributed by atoms with Gasteiger partial charge in [0.15, 0.2) is 0 Å². The maximum absolute atomic E-state index is 9.30. The summed E-state index contributed by atoms with van der Waals surface area (Å²) in [6, 6.07) is 8.46. The molecule has 1 N–H and O–H groups in total. The number of aliphatic hydroxyl groups is 1. The van der Waals surface area contributed by atoms with Crippen LogP contribution in [0.5, 0.6) is 0 Å². The first-order valence-corrected chi connectivity index (χ1v) is 5.96. The molecule has 1 atom stereocenters. The predicted molar refractivity (Wildman–Crippen MR) is 64.5 cm³/mol. The number of benzene rings is 1. The first kappa shape index (κ1) is 11.6. The second-order valence-electron chi connectivity index (χ2n) is 5.17. The maximum atomic E-state index is 9.30. The molecule has 0 spiro atoms. The van der Waals surface area contributed by atoms with Crippen molar-refractivity contribution in [1.82, 2.24) is 0 Å². The lowest BCUT2D eigenvalue weighted by Gasteiger charge is -2.22. The number of rotatable bonds is 3. The summed E-state index contributed by atoms with van der Waals surface area (Å²) in [6.45, 7) is 5.16. The fourth-order valence-electron chi connectivity index (χ4n) is 2.08. The molecule has 0 amide bonds. The molecule has 0 saturated carbocycles. The van der Waals surface area contributed by atoms with Gasteiger partial charge in [-0.05, 0) is 24.0 Å². The van der Waals surface area contributed by atoms with E-state index in [9.17, 15) is 5.11 Å². The van der Waals surface area contributed by atoms with Gasteiger partial charge in [-0.1, -0.05) is 38.1 Å². The summed E-state index contributed by atoms with van der Waals surface area (Å²) < 4.78 is 5.64. The molecule has 88 valence electrons. The minimum atomic E-state index is -0.158. The molecular formula is C14H20O2. The van der Waals surface area contributed by atoms with Crippen molar-refractivity contribution in [1.29, 1.82) is 0 Å². The average Bonchev–Trinajstić information content (AvgIpc) is 2.83. The summed E-state index contributed by atoms with van der Waals surface area (Å²) in [5, 5.41) is 9.30. The van der Waals surface area contributed by atoms with Gasteiger partial charge in [0.05, 0.1) is 12.7 Å². The van der Waals surface area contributed by atoms with Crippen LogP contribution in [0.1, 0.15) is 43.9 Å². The highest BCUT2D eigenvalue weighted by molar-refractivity contribution is 5.29. The van der Waals surface area contributed by atoms with Crippen molar-refractivity contribution < 1.29 is 9.84 Å². The smallest absolute Gasteiger partial charge is 0.0825 e. The molecule has 1 heterocycles. The molecule has 1 aromatic carbocycles. The Kier molecular flexibility index (Phi) is 3.31. The minimum absolute atomic E-state index is 0.158. The van der Waals surface area contributed by atoms with Crippen molar-refractivity contribution in [3.05, 3.63) is 35.4 Å². The largest absolute Gasteiger partial charge is 0.395 e. The Labute approximate surface area is 97.3 Å². The zero-order valence-corrected chi connectivity index (χ0v) is 10.1. The summed E-state index contributed by atoms with van der Waals surface area (Å²) in [5.41, 5.74) is 2.28. The van der Waals surface area contributed by atoms with Crippen LogP contribution in [0.3, 0.4) is 0 Å². The van der Waals surface area contributed by atoms with Crippen LogP contribution in [0, 0.1) is 0 Å². The van der Waals surface area contributed by atoms with Crippen LogP contribution in [0.4, 0.5) is 0 Å². The second kappa shape index (κ2) is 4.56. The predicted octanol–water partition coefficient (Wildman–Crippen LogP) is 2.81. The van der Waals surface area contributed by atoms with E-state index in [1.807, 2.05) is 13.8 Å². The fraction of sp³-hybridized carbons (Fsp3) is 0.571. The lowest BCUT2D eigenvalue weighted by Crippen LogP contribution is -2.21. The SMILES string of the molecule is CC(C)(CO)c1ccc(C2CCCO2)cc1. The molecule has 0 aliphatic carbocycles. The zero-order valence-electron chi connectivity index (χ0n) is 10.1. The van der Waals surface area contributed by atoms with Gasteiger partial charge in [-0.2, -0.15) is 0 Å². The van der Waals surface area contributed by atoms with E-state index < -0.39 is 0 Å². The summed E-state index contributed by atoms with van der Waals surface area (Å²) in [6.07, 6.45) is 2.57. The molecule has 0 bridgehead atoms. The second-order valence-corrected chi connectivity index (χ2v) is 5.17. The van der Waals surface area contributed by atoms with Gasteiger partial charge in [-0.25, -0.2) is 0 Å². The fourth-order valence-corrected chi connectivity index (χ4v) is 2.08. The maximum Gasteiger partial charge on any atom is 0.0825 e. The third kappa shape index (κ3) is 2.28. The summed E-state index contributed by atoms with van der Waals surface area (Å²) in [4.78, 5) is 0. The van der Waals surface area contributed by atoms with Gasteiger partial charge < -0.3 is 9.84 Å². The molecule has 2 rings (SSSR count). The van der Waals surface area contributed by atoms with E-state index in [1.165, 1.54) is 11.1 Å². The van der Waals surface area contributed by atoms with Gasteiger partial charge in [0.2, 0.25) is 0 Å². The van der Waals surface area contributed by atoms with Gasteiger partial charge in [0.1, 0.15) is 0 Å². The Bertz CT molecular complexity index is 334. The van der Waals surface area contributed by atoms with E-state index in [1.54, 1.807) is 0 Å². The van der Waals surface area contributed by atoms with Gasteiger partial charge >= 0.3 is 0 Å². The Morgan fingerprint density at radius 1 is 1.31 bits per heavy atom. The number of hydrogen-bond acceptors (Lipinski definition) is 2. The van der Waals surface area contributed by atoms with Crippen molar-refractivity contribution in [2.24, 2.45) is 0 Å². The Morgan fingerprint density at radius 2 is 2.00 bits per heavy atom. The van der Waals surface area contributed by atoms with Crippen molar-refractivity contribution in [3.8, 4) is 0 Å². The molecule has 1 fully saturated rings. The number of hydrogen-bond donors (Lipinski definition) is 1. The van der Waals surface area contributed by atoms with E-state index >= 15 is 0 Å². The third-order valence-corrected chi connectivity index (χ3v) is 3.39. The van der Waals surface area contributed by atoms with Crippen LogP contribution in [0.2, 0.25) is 0 Å². The molecule has 0 radical (unpaired) electrons. The minimum Gasteiger partial charge on any atom is -0.395 e. The summed E-state index contributed by atoms with van der Waals surface area (Å²) in [5.74, 6) is 0. The van der Waals surface area contributed by atoms with Crippen LogP contribution in [-0.2, 0) is 10.2 Å². The first-order valence-electron chi connectivity index (χ1n) is 5.96. The standard InChI is InChI=1S/C14H20O2/c1-14(2,10-15)12-7-5-11(6-8-12)13-4-3-9-16-13/h5-8,13,15H,3-4,9-10H2,1-2H3. The normalized spacial score (nSPS) is 21.3. The molecule has 1 aliphatic rings. The van der Waals surface area contributed by atoms with Crippen molar-refractivity contribution in [3.63, 3.8) is 0 Å². The molecule has 1 saturated heterocycles.